The molecule has 3 nitrogen and oxygen atoms in total. The van der Waals surface area contributed by atoms with Crippen LogP contribution in [0.15, 0.2) is 16.6 Å². The van der Waals surface area contributed by atoms with E-state index in [0.29, 0.717) is 18.0 Å². The fourth-order valence-electron chi connectivity index (χ4n) is 2.12. The summed E-state index contributed by atoms with van der Waals surface area (Å²) in [6.07, 6.45) is 0.888. The van der Waals surface area contributed by atoms with Crippen LogP contribution >= 0.6 is 15.9 Å². The molecule has 1 heterocycles. The molecule has 0 aliphatic carbocycles. The molecule has 0 radical (unpaired) electrons. The average molecular weight is 310 g/mol. The predicted molar refractivity (Wildman–Crippen MR) is 75.0 cm³/mol. The minimum Gasteiger partial charge on any atom is -0.304 e. The molecule has 0 aromatic heterocycles. The van der Waals surface area contributed by atoms with Gasteiger partial charge in [0, 0.05) is 11.0 Å². The number of hydrogen-bond acceptors (Lipinski definition) is 2. The van der Waals surface area contributed by atoms with Gasteiger partial charge in [0.2, 0.25) is 0 Å². The zero-order valence-electron chi connectivity index (χ0n) is 10.8. The number of aryl methyl sites for hydroxylation is 1. The number of Topliss-reactive ketones (excluding diaryl/α,β-unsaturated/α-hetero) is 1. The summed E-state index contributed by atoms with van der Waals surface area (Å²) < 4.78 is 0.820. The molecule has 0 bridgehead atoms. The van der Waals surface area contributed by atoms with Gasteiger partial charge in [-0.25, -0.2) is 0 Å². The second-order valence-corrected chi connectivity index (χ2v) is 5.97. The maximum absolute atomic E-state index is 12.0. The van der Waals surface area contributed by atoms with E-state index in [4.69, 9.17) is 0 Å². The number of rotatable bonds is 3. The van der Waals surface area contributed by atoms with Gasteiger partial charge in [0.15, 0.2) is 0 Å². The Labute approximate surface area is 115 Å². The van der Waals surface area contributed by atoms with Crippen LogP contribution in [-0.2, 0) is 4.79 Å². The number of carbonyl (C=O) groups excluding carboxylic acids is 2. The zero-order chi connectivity index (χ0) is 13.4. The molecule has 1 aromatic carbocycles. The van der Waals surface area contributed by atoms with Gasteiger partial charge in [-0.15, -0.1) is 0 Å². The van der Waals surface area contributed by atoms with Crippen molar-refractivity contribution in [2.75, 3.05) is 11.4 Å². The van der Waals surface area contributed by atoms with Gasteiger partial charge in [-0.1, -0.05) is 13.8 Å². The average Bonchev–Trinajstić information content (AvgIpc) is 2.51. The molecule has 1 amide bonds. The van der Waals surface area contributed by atoms with Gasteiger partial charge in [0.25, 0.3) is 11.7 Å². The van der Waals surface area contributed by atoms with Crippen LogP contribution in [0, 0.1) is 12.8 Å². The van der Waals surface area contributed by atoms with Crippen molar-refractivity contribution in [1.29, 1.82) is 0 Å². The summed E-state index contributed by atoms with van der Waals surface area (Å²) in [4.78, 5) is 25.5. The van der Waals surface area contributed by atoms with Crippen molar-refractivity contribution in [2.24, 2.45) is 5.92 Å². The molecule has 1 aliphatic heterocycles. The first-order valence-electron chi connectivity index (χ1n) is 6.08. The number of anilines is 1. The summed E-state index contributed by atoms with van der Waals surface area (Å²) in [7, 11) is 0. The van der Waals surface area contributed by atoms with Gasteiger partial charge in [-0.3, -0.25) is 9.59 Å². The summed E-state index contributed by atoms with van der Waals surface area (Å²) in [6, 6.07) is 3.72. The van der Waals surface area contributed by atoms with E-state index in [1.165, 1.54) is 0 Å². The molecule has 0 spiro atoms. The highest BCUT2D eigenvalue weighted by Gasteiger charge is 2.37. The van der Waals surface area contributed by atoms with Crippen LogP contribution in [-0.4, -0.2) is 18.2 Å². The van der Waals surface area contributed by atoms with Crippen molar-refractivity contribution in [1.82, 2.24) is 0 Å². The van der Waals surface area contributed by atoms with Gasteiger partial charge < -0.3 is 4.90 Å². The van der Waals surface area contributed by atoms with Crippen molar-refractivity contribution >= 4 is 33.3 Å². The molecule has 1 aliphatic rings. The Morgan fingerprint density at radius 2 is 1.94 bits per heavy atom. The number of hydrogen-bond donors (Lipinski definition) is 0. The molecule has 0 atom stereocenters. The lowest BCUT2D eigenvalue weighted by Gasteiger charge is -2.19. The Morgan fingerprint density at radius 3 is 2.56 bits per heavy atom. The number of fused-ring (bicyclic) bond motifs is 1. The number of halogens is 1. The van der Waals surface area contributed by atoms with Crippen LogP contribution in [0.25, 0.3) is 0 Å². The Hall–Kier alpha value is -1.16. The molecule has 2 rings (SSSR count). The largest absolute Gasteiger partial charge is 0.304 e. The van der Waals surface area contributed by atoms with Crippen molar-refractivity contribution < 1.29 is 9.59 Å². The van der Waals surface area contributed by atoms with Gasteiger partial charge >= 0.3 is 0 Å². The Balaban J connectivity index is 2.42. The fourth-order valence-corrected chi connectivity index (χ4v) is 2.91. The van der Waals surface area contributed by atoms with Crippen LogP contribution in [0.5, 0.6) is 0 Å². The molecular formula is C14H16BrNO2. The van der Waals surface area contributed by atoms with Crippen LogP contribution < -0.4 is 4.90 Å². The summed E-state index contributed by atoms with van der Waals surface area (Å²) >= 11 is 3.45. The highest BCUT2D eigenvalue weighted by atomic mass is 79.9. The summed E-state index contributed by atoms with van der Waals surface area (Å²) in [6.45, 7) is 6.72. The zero-order valence-corrected chi connectivity index (χ0v) is 12.4. The van der Waals surface area contributed by atoms with E-state index in [1.807, 2.05) is 13.0 Å². The second kappa shape index (κ2) is 4.84. The van der Waals surface area contributed by atoms with Crippen molar-refractivity contribution in [3.63, 3.8) is 0 Å². The fraction of sp³-hybridized carbons (Fsp3) is 0.429. The molecule has 96 valence electrons. The topological polar surface area (TPSA) is 37.4 Å². The first-order valence-corrected chi connectivity index (χ1v) is 6.87. The van der Waals surface area contributed by atoms with E-state index in [9.17, 15) is 9.59 Å². The SMILES string of the molecule is Cc1cc(Br)c2c(c1)C(=O)C(=O)N2CCC(C)C. The van der Waals surface area contributed by atoms with Crippen molar-refractivity contribution in [2.45, 2.75) is 27.2 Å². The van der Waals surface area contributed by atoms with E-state index in [-0.39, 0.29) is 0 Å². The van der Waals surface area contributed by atoms with Crippen LogP contribution in [0.3, 0.4) is 0 Å². The number of ketones is 1. The van der Waals surface area contributed by atoms with Crippen LogP contribution in [0.4, 0.5) is 5.69 Å². The molecule has 18 heavy (non-hydrogen) atoms. The van der Waals surface area contributed by atoms with Gasteiger partial charge in [-0.05, 0) is 52.9 Å². The maximum Gasteiger partial charge on any atom is 0.299 e. The molecule has 4 heteroatoms. The standard InChI is InChI=1S/C14H16BrNO2/c1-8(2)4-5-16-12-10(13(17)14(16)18)6-9(3)7-11(12)15/h6-8H,4-5H2,1-3H3. The van der Waals surface area contributed by atoms with E-state index in [2.05, 4.69) is 29.8 Å². The van der Waals surface area contributed by atoms with E-state index < -0.39 is 11.7 Å². The normalized spacial score (nSPS) is 14.6. The summed E-state index contributed by atoms with van der Waals surface area (Å²) in [5.74, 6) is -0.295. The first kappa shape index (κ1) is 13.3. The number of carbonyl (C=O) groups is 2. The van der Waals surface area contributed by atoms with Crippen molar-refractivity contribution in [3.8, 4) is 0 Å². The smallest absolute Gasteiger partial charge is 0.299 e. The van der Waals surface area contributed by atoms with E-state index in [1.54, 1.807) is 11.0 Å². The summed E-state index contributed by atoms with van der Waals surface area (Å²) in [5, 5.41) is 0. The van der Waals surface area contributed by atoms with Gasteiger partial charge in [0.1, 0.15) is 0 Å². The quantitative estimate of drug-likeness (QED) is 0.803. The van der Waals surface area contributed by atoms with Crippen molar-refractivity contribution in [3.05, 3.63) is 27.7 Å². The molecule has 0 saturated heterocycles. The third-order valence-corrected chi connectivity index (χ3v) is 3.70. The van der Waals surface area contributed by atoms with Gasteiger partial charge in [0.05, 0.1) is 11.3 Å². The Bertz CT molecular complexity index is 523. The second-order valence-electron chi connectivity index (χ2n) is 5.11. The Kier molecular flexibility index (Phi) is 3.57. The van der Waals surface area contributed by atoms with Crippen LogP contribution in [0.2, 0.25) is 0 Å². The lowest BCUT2D eigenvalue weighted by atomic mass is 10.1. The minimum atomic E-state index is -0.406. The molecular weight excluding hydrogens is 294 g/mol. The number of benzene rings is 1. The van der Waals surface area contributed by atoms with E-state index >= 15 is 0 Å². The highest BCUT2D eigenvalue weighted by Crippen LogP contribution is 2.37. The molecule has 1 aromatic rings. The molecule has 0 unspecified atom stereocenters. The third kappa shape index (κ3) is 2.21. The summed E-state index contributed by atoms with van der Waals surface area (Å²) in [5.41, 5.74) is 2.24. The highest BCUT2D eigenvalue weighted by molar-refractivity contribution is 9.10. The first-order chi connectivity index (χ1) is 8.41. The predicted octanol–water partition coefficient (Wildman–Crippen LogP) is 3.33. The van der Waals surface area contributed by atoms with E-state index in [0.717, 1.165) is 22.1 Å². The lowest BCUT2D eigenvalue weighted by molar-refractivity contribution is -0.114. The van der Waals surface area contributed by atoms with Crippen LogP contribution in [0.1, 0.15) is 36.2 Å². The Morgan fingerprint density at radius 1 is 1.28 bits per heavy atom. The molecule has 0 N–H and O–H groups in total. The lowest BCUT2D eigenvalue weighted by Crippen LogP contribution is -2.31. The number of amides is 1. The molecule has 0 fully saturated rings. The van der Waals surface area contributed by atoms with Gasteiger partial charge in [-0.2, -0.15) is 0 Å². The minimum absolute atomic E-state index is 0.391. The molecule has 0 saturated carbocycles. The third-order valence-electron chi connectivity index (χ3n) is 3.09. The monoisotopic (exact) mass is 309 g/mol. The maximum atomic E-state index is 12.0. The number of nitrogens with zero attached hydrogens (tertiary/aromatic N) is 1.